The van der Waals surface area contributed by atoms with Gasteiger partial charge >= 0.3 is 0 Å². The van der Waals surface area contributed by atoms with Gasteiger partial charge in [-0.1, -0.05) is 23.7 Å². The molecule has 3 aromatic rings. The highest BCUT2D eigenvalue weighted by atomic mass is 35.5. The van der Waals surface area contributed by atoms with Gasteiger partial charge in [0.05, 0.1) is 33.6 Å². The Kier molecular flexibility index (Phi) is 3.05. The zero-order valence-corrected chi connectivity index (χ0v) is 11.8. The fourth-order valence-electron chi connectivity index (χ4n) is 1.89. The summed E-state index contributed by atoms with van der Waals surface area (Å²) in [5.74, 6) is 0.681. The summed E-state index contributed by atoms with van der Waals surface area (Å²) in [4.78, 5) is 4.60. The zero-order valence-electron chi connectivity index (χ0n) is 10.2. The molecule has 0 spiro atoms. The zero-order chi connectivity index (χ0) is 13.4. The van der Waals surface area contributed by atoms with Crippen LogP contribution in [0.15, 0.2) is 36.4 Å². The van der Waals surface area contributed by atoms with Crippen LogP contribution in [0.25, 0.3) is 20.8 Å². The summed E-state index contributed by atoms with van der Waals surface area (Å²) >= 11 is 7.69. The summed E-state index contributed by atoms with van der Waals surface area (Å²) in [7, 11) is 1.61. The number of anilines is 1. The summed E-state index contributed by atoms with van der Waals surface area (Å²) in [6, 6.07) is 11.5. The molecule has 1 heterocycles. The van der Waals surface area contributed by atoms with Gasteiger partial charge in [0.1, 0.15) is 10.8 Å². The van der Waals surface area contributed by atoms with E-state index in [4.69, 9.17) is 22.1 Å². The van der Waals surface area contributed by atoms with E-state index in [1.54, 1.807) is 30.6 Å². The van der Waals surface area contributed by atoms with Crippen molar-refractivity contribution in [3.05, 3.63) is 41.4 Å². The molecule has 0 fully saturated rings. The fourth-order valence-corrected chi connectivity index (χ4v) is 3.04. The van der Waals surface area contributed by atoms with E-state index in [0.29, 0.717) is 16.5 Å². The topological polar surface area (TPSA) is 48.1 Å². The quantitative estimate of drug-likeness (QED) is 0.719. The number of nitrogens with two attached hydrogens (primary N) is 1. The van der Waals surface area contributed by atoms with Crippen LogP contribution in [0.4, 0.5) is 5.69 Å². The van der Waals surface area contributed by atoms with Crippen molar-refractivity contribution in [2.24, 2.45) is 0 Å². The van der Waals surface area contributed by atoms with Crippen molar-refractivity contribution < 1.29 is 4.74 Å². The number of ether oxygens (including phenoxy) is 1. The average molecular weight is 291 g/mol. The standard InChI is InChI=1S/C14H11ClN2OS/c1-18-12-7-10(16)9(15)6-8(12)14-17-11-4-2-3-5-13(11)19-14/h2-7H,16H2,1H3. The summed E-state index contributed by atoms with van der Waals surface area (Å²) in [6.45, 7) is 0. The van der Waals surface area contributed by atoms with Crippen molar-refractivity contribution in [2.45, 2.75) is 0 Å². The number of aromatic nitrogens is 1. The van der Waals surface area contributed by atoms with Crippen LogP contribution in [0.1, 0.15) is 0 Å². The second kappa shape index (κ2) is 4.72. The number of methoxy groups -OCH3 is 1. The molecule has 0 atom stereocenters. The third-order valence-corrected chi connectivity index (χ3v) is 4.24. The lowest BCUT2D eigenvalue weighted by Crippen LogP contribution is -1.92. The van der Waals surface area contributed by atoms with Gasteiger partial charge in [-0.25, -0.2) is 4.98 Å². The van der Waals surface area contributed by atoms with Gasteiger partial charge < -0.3 is 10.5 Å². The Morgan fingerprint density at radius 2 is 2.05 bits per heavy atom. The predicted octanol–water partition coefficient (Wildman–Crippen LogP) is 4.21. The predicted molar refractivity (Wildman–Crippen MR) is 81.0 cm³/mol. The second-order valence-electron chi connectivity index (χ2n) is 4.06. The monoisotopic (exact) mass is 290 g/mol. The van der Waals surface area contributed by atoms with Gasteiger partial charge in [0.25, 0.3) is 0 Å². The molecule has 0 bridgehead atoms. The Balaban J connectivity index is 2.22. The minimum Gasteiger partial charge on any atom is -0.496 e. The van der Waals surface area contributed by atoms with Crippen molar-refractivity contribution >= 4 is 38.8 Å². The van der Waals surface area contributed by atoms with Crippen LogP contribution >= 0.6 is 22.9 Å². The first kappa shape index (κ1) is 12.3. The molecule has 2 aromatic carbocycles. The first-order chi connectivity index (χ1) is 9.19. The lowest BCUT2D eigenvalue weighted by molar-refractivity contribution is 0.416. The Morgan fingerprint density at radius 3 is 2.79 bits per heavy atom. The Bertz CT molecular complexity index is 721. The van der Waals surface area contributed by atoms with Crippen LogP contribution in [0.5, 0.6) is 5.75 Å². The number of hydrogen-bond donors (Lipinski definition) is 1. The van der Waals surface area contributed by atoms with Crippen molar-refractivity contribution in [3.63, 3.8) is 0 Å². The van der Waals surface area contributed by atoms with E-state index in [-0.39, 0.29) is 0 Å². The lowest BCUT2D eigenvalue weighted by atomic mass is 10.2. The molecule has 19 heavy (non-hydrogen) atoms. The summed E-state index contributed by atoms with van der Waals surface area (Å²) in [6.07, 6.45) is 0. The van der Waals surface area contributed by atoms with E-state index >= 15 is 0 Å². The molecule has 0 aliphatic carbocycles. The Morgan fingerprint density at radius 1 is 1.26 bits per heavy atom. The number of nitrogens with zero attached hydrogens (tertiary/aromatic N) is 1. The molecule has 0 aliphatic heterocycles. The molecule has 0 saturated heterocycles. The van der Waals surface area contributed by atoms with E-state index in [2.05, 4.69) is 4.98 Å². The highest BCUT2D eigenvalue weighted by Gasteiger charge is 2.13. The van der Waals surface area contributed by atoms with E-state index in [1.807, 2.05) is 24.3 Å². The minimum atomic E-state index is 0.503. The summed E-state index contributed by atoms with van der Waals surface area (Å²) in [5, 5.41) is 1.38. The van der Waals surface area contributed by atoms with Crippen LogP contribution in [0.3, 0.4) is 0 Å². The summed E-state index contributed by atoms with van der Waals surface area (Å²) < 4.78 is 6.49. The van der Waals surface area contributed by atoms with Crippen LogP contribution in [0, 0.1) is 0 Å². The van der Waals surface area contributed by atoms with E-state index in [9.17, 15) is 0 Å². The van der Waals surface area contributed by atoms with E-state index in [1.165, 1.54) is 0 Å². The van der Waals surface area contributed by atoms with Gasteiger partial charge in [-0.2, -0.15) is 0 Å². The van der Waals surface area contributed by atoms with Gasteiger partial charge in [-0.3, -0.25) is 0 Å². The number of fused-ring (bicyclic) bond motifs is 1. The van der Waals surface area contributed by atoms with Gasteiger partial charge in [-0.05, 0) is 18.2 Å². The number of hydrogen-bond acceptors (Lipinski definition) is 4. The molecule has 3 nitrogen and oxygen atoms in total. The summed E-state index contributed by atoms with van der Waals surface area (Å²) in [5.41, 5.74) is 8.13. The molecule has 5 heteroatoms. The third-order valence-electron chi connectivity index (χ3n) is 2.84. The molecule has 0 saturated carbocycles. The average Bonchev–Trinajstić information content (AvgIpc) is 2.85. The number of nitrogen functional groups attached to an aromatic ring is 1. The van der Waals surface area contributed by atoms with Crippen LogP contribution in [-0.4, -0.2) is 12.1 Å². The molecule has 0 radical (unpaired) electrons. The SMILES string of the molecule is COc1cc(N)c(Cl)cc1-c1nc2ccccc2s1. The first-order valence-electron chi connectivity index (χ1n) is 5.68. The molecule has 0 amide bonds. The van der Waals surface area contributed by atoms with Gasteiger partial charge in [0, 0.05) is 6.07 Å². The molecule has 0 unspecified atom stereocenters. The van der Waals surface area contributed by atoms with Gasteiger partial charge in [0.2, 0.25) is 0 Å². The third kappa shape index (κ3) is 2.13. The van der Waals surface area contributed by atoms with E-state index in [0.717, 1.165) is 20.8 Å². The molecule has 2 N–H and O–H groups in total. The maximum Gasteiger partial charge on any atom is 0.131 e. The number of para-hydroxylation sites is 1. The van der Waals surface area contributed by atoms with E-state index < -0.39 is 0 Å². The lowest BCUT2D eigenvalue weighted by Gasteiger charge is -2.08. The second-order valence-corrected chi connectivity index (χ2v) is 5.50. The Hall–Kier alpha value is -1.78. The van der Waals surface area contributed by atoms with Crippen molar-refractivity contribution in [1.29, 1.82) is 0 Å². The maximum atomic E-state index is 6.09. The molecule has 3 rings (SSSR count). The molecular weight excluding hydrogens is 280 g/mol. The molecule has 96 valence electrons. The van der Waals surface area contributed by atoms with Gasteiger partial charge in [-0.15, -0.1) is 11.3 Å². The minimum absolute atomic E-state index is 0.503. The van der Waals surface area contributed by atoms with Crippen LogP contribution < -0.4 is 10.5 Å². The maximum absolute atomic E-state index is 6.09. The van der Waals surface area contributed by atoms with Crippen molar-refractivity contribution in [3.8, 4) is 16.3 Å². The molecule has 1 aromatic heterocycles. The highest BCUT2D eigenvalue weighted by molar-refractivity contribution is 7.21. The van der Waals surface area contributed by atoms with Crippen molar-refractivity contribution in [1.82, 2.24) is 4.98 Å². The molecular formula is C14H11ClN2OS. The van der Waals surface area contributed by atoms with Gasteiger partial charge in [0.15, 0.2) is 0 Å². The largest absolute Gasteiger partial charge is 0.496 e. The normalized spacial score (nSPS) is 10.8. The molecule has 0 aliphatic rings. The van der Waals surface area contributed by atoms with Crippen LogP contribution in [0.2, 0.25) is 5.02 Å². The number of halogens is 1. The number of benzene rings is 2. The smallest absolute Gasteiger partial charge is 0.131 e. The van der Waals surface area contributed by atoms with Crippen molar-refractivity contribution in [2.75, 3.05) is 12.8 Å². The Labute approximate surface area is 119 Å². The number of thiazole rings is 1. The first-order valence-corrected chi connectivity index (χ1v) is 6.87. The highest BCUT2D eigenvalue weighted by Crippen LogP contribution is 2.39. The van der Waals surface area contributed by atoms with Crippen LogP contribution in [-0.2, 0) is 0 Å². The fraction of sp³-hybridized carbons (Fsp3) is 0.0714. The number of rotatable bonds is 2.